The molecular weight excluding hydrogens is 495 g/mol. The van der Waals surface area contributed by atoms with Gasteiger partial charge in [0.15, 0.2) is 0 Å². The van der Waals surface area contributed by atoms with E-state index in [-0.39, 0.29) is 31.1 Å². The van der Waals surface area contributed by atoms with Crippen LogP contribution in [0.3, 0.4) is 0 Å². The second-order valence-corrected chi connectivity index (χ2v) is 9.80. The molecule has 0 fully saturated rings. The predicted molar refractivity (Wildman–Crippen MR) is 135 cm³/mol. The minimum atomic E-state index is -0.852. The Kier molecular flexibility index (Phi) is 8.48. The molecule has 3 aromatic rings. The monoisotopic (exact) mass is 519 g/mol. The molecule has 0 saturated carbocycles. The summed E-state index contributed by atoms with van der Waals surface area (Å²) in [5.74, 6) is -2.65. The first-order valence-corrected chi connectivity index (χ1v) is 11.5. The lowest BCUT2D eigenvalue weighted by Crippen LogP contribution is -2.41. The number of nitrogens with two attached hydrogens (primary N) is 1. The molecule has 35 heavy (non-hydrogen) atoms. The Morgan fingerprint density at radius 3 is 2.29 bits per heavy atom. The average Bonchev–Trinajstić information content (AvgIpc) is 2.79. The molecule has 9 heteroatoms. The summed E-state index contributed by atoms with van der Waals surface area (Å²) in [6.45, 7) is 4.26. The molecule has 0 unspecified atom stereocenters. The zero-order chi connectivity index (χ0) is 25.8. The highest BCUT2D eigenvalue weighted by atomic mass is 35.5. The maximum absolute atomic E-state index is 13.8. The van der Waals surface area contributed by atoms with Gasteiger partial charge >= 0.3 is 0 Å². The number of halogens is 4. The van der Waals surface area contributed by atoms with E-state index < -0.39 is 23.0 Å². The molecule has 3 aromatic carbocycles. The van der Waals surface area contributed by atoms with Gasteiger partial charge in [-0.15, -0.1) is 0 Å². The maximum atomic E-state index is 13.8. The molecule has 3 N–H and O–H groups in total. The van der Waals surface area contributed by atoms with E-state index in [2.05, 4.69) is 5.32 Å². The van der Waals surface area contributed by atoms with Gasteiger partial charge in [-0.05, 0) is 66.1 Å². The Hall–Kier alpha value is -3.00. The number of hydrogen-bond acceptors (Lipinski definition) is 3. The number of anilines is 1. The summed E-state index contributed by atoms with van der Waals surface area (Å²) in [5.41, 5.74) is 6.63. The highest BCUT2D eigenvalue weighted by molar-refractivity contribution is 6.31. The van der Waals surface area contributed by atoms with E-state index in [0.717, 1.165) is 12.1 Å². The molecule has 0 saturated heterocycles. The van der Waals surface area contributed by atoms with Gasteiger partial charge in [0, 0.05) is 46.0 Å². The van der Waals surface area contributed by atoms with Crippen LogP contribution in [0.25, 0.3) is 0 Å². The normalized spacial score (nSPS) is 11.3. The van der Waals surface area contributed by atoms with Crippen LogP contribution in [0.4, 0.5) is 14.5 Å². The van der Waals surface area contributed by atoms with Gasteiger partial charge in [-0.1, -0.05) is 43.1 Å². The van der Waals surface area contributed by atoms with Crippen LogP contribution in [0.5, 0.6) is 0 Å². The van der Waals surface area contributed by atoms with Crippen molar-refractivity contribution in [3.63, 3.8) is 0 Å². The number of carbonyl (C=O) groups excluding carboxylic acids is 2. The van der Waals surface area contributed by atoms with Gasteiger partial charge in [0.05, 0.1) is 0 Å². The molecule has 2 amide bonds. The largest absolute Gasteiger partial charge is 0.334 e. The second kappa shape index (κ2) is 11.2. The Morgan fingerprint density at radius 1 is 0.971 bits per heavy atom. The van der Waals surface area contributed by atoms with Crippen molar-refractivity contribution in [1.82, 2.24) is 4.90 Å². The molecular formula is C26H25Cl2F2N3O2. The maximum Gasteiger partial charge on any atom is 0.255 e. The zero-order valence-corrected chi connectivity index (χ0v) is 20.8. The summed E-state index contributed by atoms with van der Waals surface area (Å²) in [6.07, 6.45) is 0. The molecule has 0 radical (unpaired) electrons. The Balaban J connectivity index is 1.90. The summed E-state index contributed by atoms with van der Waals surface area (Å²) in [4.78, 5) is 27.3. The molecule has 0 aliphatic heterocycles. The third-order valence-corrected chi connectivity index (χ3v) is 5.92. The predicted octanol–water partition coefficient (Wildman–Crippen LogP) is 6.15. The lowest BCUT2D eigenvalue weighted by Gasteiger charge is -2.32. The third-order valence-electron chi connectivity index (χ3n) is 5.32. The van der Waals surface area contributed by atoms with Crippen LogP contribution in [-0.4, -0.2) is 29.8 Å². The molecule has 3 rings (SSSR count). The fourth-order valence-electron chi connectivity index (χ4n) is 3.45. The molecule has 0 aromatic heterocycles. The quantitative estimate of drug-likeness (QED) is 0.374. The fraction of sp³-hybridized carbons (Fsp3) is 0.231. The lowest BCUT2D eigenvalue weighted by molar-refractivity contribution is 0.0672. The minimum Gasteiger partial charge on any atom is -0.334 e. The number of rotatable bonds is 8. The first-order chi connectivity index (χ1) is 16.5. The molecule has 0 bridgehead atoms. The number of nitrogens with one attached hydrogen (secondary N) is 1. The van der Waals surface area contributed by atoms with Crippen LogP contribution in [0, 0.1) is 17.0 Å². The number of amides is 2. The van der Waals surface area contributed by atoms with Crippen molar-refractivity contribution in [2.45, 2.75) is 20.4 Å². The summed E-state index contributed by atoms with van der Waals surface area (Å²) in [5, 5.41) is 3.57. The van der Waals surface area contributed by atoms with Crippen LogP contribution < -0.4 is 11.1 Å². The molecule has 0 aliphatic rings. The smallest absolute Gasteiger partial charge is 0.255 e. The first-order valence-electron chi connectivity index (χ1n) is 10.8. The number of hydrogen-bond donors (Lipinski definition) is 2. The third kappa shape index (κ3) is 7.24. The van der Waals surface area contributed by atoms with E-state index in [9.17, 15) is 18.4 Å². The van der Waals surface area contributed by atoms with Crippen molar-refractivity contribution in [2.24, 2.45) is 11.1 Å². The van der Waals surface area contributed by atoms with Gasteiger partial charge in [0.2, 0.25) is 0 Å². The molecule has 0 heterocycles. The average molecular weight is 520 g/mol. The van der Waals surface area contributed by atoms with Crippen molar-refractivity contribution in [3.05, 3.63) is 99.0 Å². The molecule has 0 atom stereocenters. The molecule has 0 spiro atoms. The van der Waals surface area contributed by atoms with Crippen molar-refractivity contribution in [3.8, 4) is 0 Å². The summed E-state index contributed by atoms with van der Waals surface area (Å²) >= 11 is 12.4. The van der Waals surface area contributed by atoms with Gasteiger partial charge < -0.3 is 16.0 Å². The summed E-state index contributed by atoms with van der Waals surface area (Å²) in [6, 6.07) is 14.1. The number of carbonyl (C=O) groups is 2. The van der Waals surface area contributed by atoms with Gasteiger partial charge in [0.25, 0.3) is 11.8 Å². The standard InChI is InChI=1S/C26H25Cl2F2N3O2/c1-26(2,14-31)15-33(25(35)17-9-20(29)12-21(30)10-17)13-18-11-22(6-7-23(18)28)32-24(34)16-4-3-5-19(27)8-16/h3-12H,13-15,31H2,1-2H3,(H,32,34). The first kappa shape index (κ1) is 26.6. The van der Waals surface area contributed by atoms with Crippen molar-refractivity contribution < 1.29 is 18.4 Å². The molecule has 184 valence electrons. The molecule has 0 aliphatic carbocycles. The van der Waals surface area contributed by atoms with Gasteiger partial charge in [-0.2, -0.15) is 0 Å². The van der Waals surface area contributed by atoms with Gasteiger partial charge in [0.1, 0.15) is 11.6 Å². The minimum absolute atomic E-state index is 0.0279. The van der Waals surface area contributed by atoms with E-state index in [1.165, 1.54) is 4.90 Å². The van der Waals surface area contributed by atoms with Crippen LogP contribution in [0.15, 0.2) is 60.7 Å². The topological polar surface area (TPSA) is 75.4 Å². The van der Waals surface area contributed by atoms with Crippen molar-refractivity contribution >= 4 is 40.7 Å². The molecule has 5 nitrogen and oxygen atoms in total. The second-order valence-electron chi connectivity index (χ2n) is 8.96. The lowest BCUT2D eigenvalue weighted by atomic mass is 9.92. The van der Waals surface area contributed by atoms with Crippen molar-refractivity contribution in [2.75, 3.05) is 18.4 Å². The number of nitrogens with zero attached hydrogens (tertiary/aromatic N) is 1. The summed E-state index contributed by atoms with van der Waals surface area (Å²) < 4.78 is 27.6. The van der Waals surface area contributed by atoms with E-state index in [4.69, 9.17) is 28.9 Å². The Bertz CT molecular complexity index is 1230. The van der Waals surface area contributed by atoms with E-state index >= 15 is 0 Å². The van der Waals surface area contributed by atoms with Gasteiger partial charge in [-0.3, -0.25) is 9.59 Å². The van der Waals surface area contributed by atoms with Crippen LogP contribution >= 0.6 is 23.2 Å². The van der Waals surface area contributed by atoms with E-state index in [0.29, 0.717) is 32.9 Å². The summed E-state index contributed by atoms with van der Waals surface area (Å²) in [7, 11) is 0. The van der Waals surface area contributed by atoms with E-state index in [1.807, 2.05) is 13.8 Å². The Morgan fingerprint density at radius 2 is 1.66 bits per heavy atom. The van der Waals surface area contributed by atoms with E-state index in [1.54, 1.807) is 42.5 Å². The Labute approximate surface area is 212 Å². The highest BCUT2D eigenvalue weighted by Gasteiger charge is 2.26. The van der Waals surface area contributed by atoms with Crippen molar-refractivity contribution in [1.29, 1.82) is 0 Å². The van der Waals surface area contributed by atoms with Gasteiger partial charge in [-0.25, -0.2) is 8.78 Å². The number of benzene rings is 3. The van der Waals surface area contributed by atoms with Crippen LogP contribution in [-0.2, 0) is 6.54 Å². The fourth-order valence-corrected chi connectivity index (χ4v) is 3.82. The zero-order valence-electron chi connectivity index (χ0n) is 19.2. The van der Waals surface area contributed by atoms with Crippen LogP contribution in [0.2, 0.25) is 10.0 Å². The SMILES string of the molecule is CC(C)(CN)CN(Cc1cc(NC(=O)c2cccc(Cl)c2)ccc1Cl)C(=O)c1cc(F)cc(F)c1. The highest BCUT2D eigenvalue weighted by Crippen LogP contribution is 2.26. The van der Waals surface area contributed by atoms with Crippen LogP contribution in [0.1, 0.15) is 40.1 Å².